The molecule has 0 N–H and O–H groups in total. The Morgan fingerprint density at radius 1 is 0.889 bits per heavy atom. The van der Waals surface area contributed by atoms with Crippen molar-refractivity contribution < 1.29 is 0 Å². The molecule has 18 heavy (non-hydrogen) atoms. The molecule has 0 aliphatic heterocycles. The van der Waals surface area contributed by atoms with Gasteiger partial charge < -0.3 is 0 Å². The highest BCUT2D eigenvalue weighted by molar-refractivity contribution is 5.81. The average molecular weight is 233 g/mol. The summed E-state index contributed by atoms with van der Waals surface area (Å²) in [7, 11) is 0. The Labute approximate surface area is 108 Å². The van der Waals surface area contributed by atoms with Crippen molar-refractivity contribution in [3.63, 3.8) is 0 Å². The molecular weight excluding hydrogens is 218 g/mol. The van der Waals surface area contributed by atoms with Crippen LogP contribution in [-0.4, -0.2) is 4.98 Å². The van der Waals surface area contributed by atoms with Crippen LogP contribution in [-0.2, 0) is 0 Å². The van der Waals surface area contributed by atoms with Gasteiger partial charge in [-0.1, -0.05) is 56.3 Å². The van der Waals surface area contributed by atoms with Gasteiger partial charge in [0.1, 0.15) is 0 Å². The molecule has 1 nitrogen and oxygen atoms in total. The predicted molar refractivity (Wildman–Crippen MR) is 76.2 cm³/mol. The molecule has 0 atom stereocenters. The Morgan fingerprint density at radius 3 is 2.50 bits per heavy atom. The van der Waals surface area contributed by atoms with Crippen LogP contribution in [0.15, 0.2) is 54.6 Å². The minimum atomic E-state index is 0.940. The highest BCUT2D eigenvalue weighted by Crippen LogP contribution is 2.18. The zero-order chi connectivity index (χ0) is 12.8. The number of rotatable bonds is 1. The Morgan fingerprint density at radius 2 is 1.72 bits per heavy atom. The summed E-state index contributed by atoms with van der Waals surface area (Å²) in [4.78, 5) is 4.59. The van der Waals surface area contributed by atoms with Crippen molar-refractivity contribution in [2.24, 2.45) is 0 Å². The molecule has 0 aliphatic carbocycles. The number of fused-ring (bicyclic) bond motifs is 1. The van der Waals surface area contributed by atoms with Crippen LogP contribution in [0.5, 0.6) is 0 Å². The largest absolute Gasteiger partial charge is 0.247 e. The van der Waals surface area contributed by atoms with Gasteiger partial charge in [0.25, 0.3) is 0 Å². The van der Waals surface area contributed by atoms with E-state index in [2.05, 4.69) is 29.2 Å². The van der Waals surface area contributed by atoms with E-state index in [1.54, 1.807) is 0 Å². The second-order valence-electron chi connectivity index (χ2n) is 3.60. The second-order valence-corrected chi connectivity index (χ2v) is 3.60. The van der Waals surface area contributed by atoms with Crippen LogP contribution in [0.25, 0.3) is 22.2 Å². The lowest BCUT2D eigenvalue weighted by Gasteiger charge is -2.00. The SMILES string of the molecule is CC.c1cccc(-c2ccc3ccccc3n2)c#1. The first-order chi connectivity index (χ1) is 8.93. The molecular formula is C17H15N. The van der Waals surface area contributed by atoms with E-state index in [9.17, 15) is 0 Å². The molecule has 0 fully saturated rings. The van der Waals surface area contributed by atoms with E-state index in [0.717, 1.165) is 22.2 Å². The number of hydrogen-bond acceptors (Lipinski definition) is 1. The second kappa shape index (κ2) is 5.84. The Kier molecular flexibility index (Phi) is 3.94. The molecule has 0 saturated carbocycles. The average Bonchev–Trinajstić information content (AvgIpc) is 2.50. The zero-order valence-electron chi connectivity index (χ0n) is 10.6. The van der Waals surface area contributed by atoms with Gasteiger partial charge in [-0.2, -0.15) is 0 Å². The highest BCUT2D eigenvalue weighted by atomic mass is 14.7. The van der Waals surface area contributed by atoms with Gasteiger partial charge in [-0.05, 0) is 24.3 Å². The number of hydrogen-bond donors (Lipinski definition) is 0. The van der Waals surface area contributed by atoms with Crippen LogP contribution in [0, 0.1) is 12.1 Å². The van der Waals surface area contributed by atoms with Crippen LogP contribution >= 0.6 is 0 Å². The summed E-state index contributed by atoms with van der Waals surface area (Å²) in [5, 5.41) is 1.16. The molecule has 1 aromatic heterocycles. The van der Waals surface area contributed by atoms with Gasteiger partial charge in [0.05, 0.1) is 16.8 Å². The first-order valence-electron chi connectivity index (χ1n) is 6.18. The van der Waals surface area contributed by atoms with E-state index < -0.39 is 0 Å². The Balaban J connectivity index is 0.000000574. The Bertz CT molecular complexity index is 615. The molecule has 2 aromatic carbocycles. The quantitative estimate of drug-likeness (QED) is 0.601. The first-order valence-corrected chi connectivity index (χ1v) is 6.18. The molecule has 88 valence electrons. The van der Waals surface area contributed by atoms with Gasteiger partial charge in [-0.15, -0.1) is 0 Å². The lowest BCUT2D eigenvalue weighted by atomic mass is 10.1. The smallest absolute Gasteiger partial charge is 0.0793 e. The van der Waals surface area contributed by atoms with Crippen molar-refractivity contribution >= 4 is 10.9 Å². The zero-order valence-corrected chi connectivity index (χ0v) is 10.6. The van der Waals surface area contributed by atoms with E-state index in [1.807, 2.05) is 56.3 Å². The predicted octanol–water partition coefficient (Wildman–Crippen LogP) is 4.53. The van der Waals surface area contributed by atoms with Crippen LogP contribution in [0.1, 0.15) is 13.8 Å². The standard InChI is InChI=1S/C15H9N.C2H6/c1-2-6-12(7-3-1)15-11-10-13-8-4-5-9-14(13)16-15;1-2/h1-2,4-6,8-11H;1-2H3. The number of nitrogens with zero attached hydrogens (tertiary/aromatic N) is 1. The third-order valence-electron chi connectivity index (χ3n) is 2.52. The van der Waals surface area contributed by atoms with Crippen molar-refractivity contribution in [1.29, 1.82) is 0 Å². The van der Waals surface area contributed by atoms with Crippen LogP contribution in [0.2, 0.25) is 0 Å². The maximum Gasteiger partial charge on any atom is 0.0793 e. The van der Waals surface area contributed by atoms with E-state index >= 15 is 0 Å². The van der Waals surface area contributed by atoms with Crippen molar-refractivity contribution in [3.05, 3.63) is 66.7 Å². The van der Waals surface area contributed by atoms with Gasteiger partial charge in [-0.3, -0.25) is 0 Å². The van der Waals surface area contributed by atoms with E-state index in [-0.39, 0.29) is 0 Å². The van der Waals surface area contributed by atoms with Crippen LogP contribution in [0.3, 0.4) is 0 Å². The third-order valence-corrected chi connectivity index (χ3v) is 2.52. The molecule has 0 saturated heterocycles. The fourth-order valence-corrected chi connectivity index (χ4v) is 1.72. The summed E-state index contributed by atoms with van der Waals surface area (Å²) < 4.78 is 0. The van der Waals surface area contributed by atoms with Gasteiger partial charge in [-0.25, -0.2) is 4.98 Å². The molecule has 0 spiro atoms. The van der Waals surface area contributed by atoms with E-state index in [4.69, 9.17) is 0 Å². The minimum absolute atomic E-state index is 0.940. The number of para-hydroxylation sites is 1. The maximum absolute atomic E-state index is 4.59. The summed E-state index contributed by atoms with van der Waals surface area (Å²) >= 11 is 0. The fourth-order valence-electron chi connectivity index (χ4n) is 1.72. The van der Waals surface area contributed by atoms with Crippen molar-refractivity contribution in [2.75, 3.05) is 0 Å². The maximum atomic E-state index is 4.59. The Hall–Kier alpha value is -2.33. The molecule has 0 radical (unpaired) electrons. The van der Waals surface area contributed by atoms with Gasteiger partial charge >= 0.3 is 0 Å². The van der Waals surface area contributed by atoms with Gasteiger partial charge in [0.15, 0.2) is 0 Å². The molecule has 0 bridgehead atoms. The summed E-state index contributed by atoms with van der Waals surface area (Å²) in [5.74, 6) is 0. The van der Waals surface area contributed by atoms with Crippen molar-refractivity contribution in [1.82, 2.24) is 4.98 Å². The molecule has 3 rings (SSSR count). The molecule has 0 unspecified atom stereocenters. The lowest BCUT2D eigenvalue weighted by molar-refractivity contribution is 1.40. The molecule has 0 amide bonds. The molecule has 0 aliphatic rings. The first kappa shape index (κ1) is 12.1. The topological polar surface area (TPSA) is 12.9 Å². The van der Waals surface area contributed by atoms with E-state index in [0.29, 0.717) is 0 Å². The minimum Gasteiger partial charge on any atom is -0.247 e. The van der Waals surface area contributed by atoms with Crippen molar-refractivity contribution in [3.8, 4) is 11.3 Å². The highest BCUT2D eigenvalue weighted by Gasteiger charge is 1.99. The molecule has 1 heteroatoms. The third kappa shape index (κ3) is 2.49. The van der Waals surface area contributed by atoms with Gasteiger partial charge in [0.2, 0.25) is 0 Å². The van der Waals surface area contributed by atoms with Crippen LogP contribution in [0.4, 0.5) is 0 Å². The monoisotopic (exact) mass is 233 g/mol. The van der Waals surface area contributed by atoms with Crippen molar-refractivity contribution in [2.45, 2.75) is 13.8 Å². The summed E-state index contributed by atoms with van der Waals surface area (Å²) in [6.07, 6.45) is 0. The van der Waals surface area contributed by atoms with Gasteiger partial charge in [0, 0.05) is 5.39 Å². The number of benzene rings is 1. The van der Waals surface area contributed by atoms with E-state index in [1.165, 1.54) is 0 Å². The van der Waals surface area contributed by atoms with Crippen LogP contribution < -0.4 is 0 Å². The fraction of sp³-hybridized carbons (Fsp3) is 0.118. The number of pyridine rings is 1. The lowest BCUT2D eigenvalue weighted by Crippen LogP contribution is -1.83. The normalized spacial score (nSPS) is 9.22. The summed E-state index contributed by atoms with van der Waals surface area (Å²) in [6.45, 7) is 4.00. The summed E-state index contributed by atoms with van der Waals surface area (Å²) in [5.41, 5.74) is 2.93. The molecule has 3 aromatic rings. The number of aromatic nitrogens is 1. The summed E-state index contributed by atoms with van der Waals surface area (Å²) in [6, 6.07) is 24.0. The molecule has 1 heterocycles.